The molecule has 2 aromatic heterocycles. The number of guanidine groups is 1. The lowest BCUT2D eigenvalue weighted by molar-refractivity contribution is 0.459. The smallest absolute Gasteiger partial charge is 0.191 e. The standard InChI is InChI=1S/C25H34N6/c1-3-26-25(27-14-6-7-20-18-28-23-9-5-4-8-22(20)23)30-21-12-15-31(16-13-21)24-11-10-19(2)17-29-24/h4-5,8-11,17-18,21,28H,3,6-7,12-16H2,1-2H3,(H2,26,27,30). The fraction of sp³-hybridized carbons (Fsp3) is 0.440. The molecule has 31 heavy (non-hydrogen) atoms. The van der Waals surface area contributed by atoms with E-state index >= 15 is 0 Å². The molecule has 3 heterocycles. The SMILES string of the molecule is CCNC(=NCCCc1c[nH]c2ccccc12)NC1CCN(c2ccc(C)cn2)CC1. The van der Waals surface area contributed by atoms with Gasteiger partial charge in [-0.25, -0.2) is 4.98 Å². The average molecular weight is 419 g/mol. The summed E-state index contributed by atoms with van der Waals surface area (Å²) in [5.41, 5.74) is 3.79. The highest BCUT2D eigenvalue weighted by atomic mass is 15.2. The quantitative estimate of drug-likeness (QED) is 0.308. The van der Waals surface area contributed by atoms with Crippen LogP contribution in [-0.2, 0) is 6.42 Å². The van der Waals surface area contributed by atoms with E-state index < -0.39 is 0 Å². The fourth-order valence-electron chi connectivity index (χ4n) is 4.21. The Hall–Kier alpha value is -3.02. The zero-order chi connectivity index (χ0) is 21.5. The molecule has 4 rings (SSSR count). The molecule has 0 aliphatic carbocycles. The third-order valence-electron chi connectivity index (χ3n) is 5.95. The Bertz CT molecular complexity index is 983. The molecule has 0 spiro atoms. The van der Waals surface area contributed by atoms with Crippen molar-refractivity contribution in [1.82, 2.24) is 20.6 Å². The third kappa shape index (κ3) is 5.57. The van der Waals surface area contributed by atoms with Crippen molar-refractivity contribution in [2.75, 3.05) is 31.1 Å². The van der Waals surface area contributed by atoms with E-state index in [9.17, 15) is 0 Å². The van der Waals surface area contributed by atoms with Crippen molar-refractivity contribution in [3.8, 4) is 0 Å². The number of rotatable bonds is 7. The van der Waals surface area contributed by atoms with Crippen LogP contribution in [0.3, 0.4) is 0 Å². The number of aryl methyl sites for hydroxylation is 2. The van der Waals surface area contributed by atoms with Crippen LogP contribution in [0.15, 0.2) is 53.8 Å². The Balaban J connectivity index is 1.25. The topological polar surface area (TPSA) is 68.3 Å². The number of aromatic amines is 1. The van der Waals surface area contributed by atoms with Crippen molar-refractivity contribution in [3.05, 3.63) is 59.9 Å². The largest absolute Gasteiger partial charge is 0.361 e. The van der Waals surface area contributed by atoms with E-state index in [-0.39, 0.29) is 0 Å². The van der Waals surface area contributed by atoms with E-state index in [2.05, 4.69) is 81.9 Å². The molecule has 0 atom stereocenters. The first-order valence-corrected chi connectivity index (χ1v) is 11.5. The van der Waals surface area contributed by atoms with Gasteiger partial charge < -0.3 is 20.5 Å². The molecule has 1 aromatic carbocycles. The van der Waals surface area contributed by atoms with Crippen LogP contribution >= 0.6 is 0 Å². The van der Waals surface area contributed by atoms with Crippen molar-refractivity contribution in [3.63, 3.8) is 0 Å². The van der Waals surface area contributed by atoms with Gasteiger partial charge in [-0.15, -0.1) is 0 Å². The molecule has 6 heteroatoms. The van der Waals surface area contributed by atoms with Crippen LogP contribution in [0.25, 0.3) is 10.9 Å². The summed E-state index contributed by atoms with van der Waals surface area (Å²) in [5.74, 6) is 2.02. The number of aromatic nitrogens is 2. The van der Waals surface area contributed by atoms with Gasteiger partial charge in [-0.2, -0.15) is 0 Å². The Morgan fingerprint density at radius 3 is 2.81 bits per heavy atom. The van der Waals surface area contributed by atoms with Crippen LogP contribution in [0.2, 0.25) is 0 Å². The highest BCUT2D eigenvalue weighted by molar-refractivity contribution is 5.83. The number of H-pyrrole nitrogens is 1. The molecule has 0 amide bonds. The molecule has 164 valence electrons. The minimum absolute atomic E-state index is 0.452. The van der Waals surface area contributed by atoms with Crippen LogP contribution < -0.4 is 15.5 Å². The fourth-order valence-corrected chi connectivity index (χ4v) is 4.21. The first-order valence-electron chi connectivity index (χ1n) is 11.5. The van der Waals surface area contributed by atoms with Gasteiger partial charge in [0.2, 0.25) is 0 Å². The number of benzene rings is 1. The highest BCUT2D eigenvalue weighted by Gasteiger charge is 2.20. The monoisotopic (exact) mass is 418 g/mol. The molecule has 1 aliphatic heterocycles. The van der Waals surface area contributed by atoms with Gasteiger partial charge in [0, 0.05) is 55.5 Å². The van der Waals surface area contributed by atoms with Crippen LogP contribution in [0, 0.1) is 6.92 Å². The second-order valence-electron chi connectivity index (χ2n) is 8.32. The average Bonchev–Trinajstić information content (AvgIpc) is 3.21. The molecule has 0 unspecified atom stereocenters. The van der Waals surface area contributed by atoms with Gasteiger partial charge in [0.05, 0.1) is 0 Å². The van der Waals surface area contributed by atoms with E-state index in [1.165, 1.54) is 22.0 Å². The predicted octanol–water partition coefficient (Wildman–Crippen LogP) is 4.03. The maximum atomic E-state index is 4.83. The van der Waals surface area contributed by atoms with Crippen molar-refractivity contribution >= 4 is 22.7 Å². The summed E-state index contributed by atoms with van der Waals surface area (Å²) in [6.07, 6.45) is 8.34. The second kappa shape index (κ2) is 10.3. The second-order valence-corrected chi connectivity index (χ2v) is 8.32. The van der Waals surface area contributed by atoms with Crippen molar-refractivity contribution < 1.29 is 0 Å². The highest BCUT2D eigenvalue weighted by Crippen LogP contribution is 2.19. The molecule has 1 aliphatic rings. The normalized spacial score (nSPS) is 15.4. The number of pyridine rings is 1. The van der Waals surface area contributed by atoms with E-state index in [1.807, 2.05) is 6.20 Å². The van der Waals surface area contributed by atoms with E-state index in [4.69, 9.17) is 4.99 Å². The van der Waals surface area contributed by atoms with Crippen molar-refractivity contribution in [2.45, 2.75) is 45.6 Å². The first kappa shape index (κ1) is 21.2. The maximum Gasteiger partial charge on any atom is 0.191 e. The Kier molecular flexibility index (Phi) is 7.07. The third-order valence-corrected chi connectivity index (χ3v) is 5.95. The summed E-state index contributed by atoms with van der Waals surface area (Å²) in [4.78, 5) is 15.1. The number of fused-ring (bicyclic) bond motifs is 1. The lowest BCUT2D eigenvalue weighted by Crippen LogP contribution is -2.49. The molecule has 0 bridgehead atoms. The van der Waals surface area contributed by atoms with Gasteiger partial charge in [-0.3, -0.25) is 4.99 Å². The summed E-state index contributed by atoms with van der Waals surface area (Å²) >= 11 is 0. The number of piperidine rings is 1. The minimum Gasteiger partial charge on any atom is -0.361 e. The van der Waals surface area contributed by atoms with Gasteiger partial charge in [-0.1, -0.05) is 24.3 Å². The van der Waals surface area contributed by atoms with E-state index in [0.29, 0.717) is 6.04 Å². The van der Waals surface area contributed by atoms with E-state index in [1.54, 1.807) is 0 Å². The molecule has 0 radical (unpaired) electrons. The molecule has 1 fully saturated rings. The molecular formula is C25H34N6. The number of nitrogens with one attached hydrogen (secondary N) is 3. The molecule has 6 nitrogen and oxygen atoms in total. The summed E-state index contributed by atoms with van der Waals surface area (Å²) < 4.78 is 0. The van der Waals surface area contributed by atoms with Gasteiger partial charge in [0.15, 0.2) is 5.96 Å². The van der Waals surface area contributed by atoms with Crippen LogP contribution in [0.1, 0.15) is 37.3 Å². The lowest BCUT2D eigenvalue weighted by Gasteiger charge is -2.33. The molecule has 0 saturated carbocycles. The summed E-state index contributed by atoms with van der Waals surface area (Å²) in [7, 11) is 0. The Labute approximate surface area is 185 Å². The molecule has 3 aromatic rings. The first-order chi connectivity index (χ1) is 15.2. The summed E-state index contributed by atoms with van der Waals surface area (Å²) in [6.45, 7) is 7.94. The zero-order valence-corrected chi connectivity index (χ0v) is 18.7. The van der Waals surface area contributed by atoms with Gasteiger partial charge in [0.25, 0.3) is 0 Å². The van der Waals surface area contributed by atoms with Crippen LogP contribution in [0.5, 0.6) is 0 Å². The molecule has 1 saturated heterocycles. The summed E-state index contributed by atoms with van der Waals surface area (Å²) in [6, 6.07) is 13.2. The maximum absolute atomic E-state index is 4.83. The lowest BCUT2D eigenvalue weighted by atomic mass is 10.1. The number of anilines is 1. The van der Waals surface area contributed by atoms with Crippen molar-refractivity contribution in [2.24, 2.45) is 4.99 Å². The van der Waals surface area contributed by atoms with Crippen molar-refractivity contribution in [1.29, 1.82) is 0 Å². The van der Waals surface area contributed by atoms with Gasteiger partial charge in [-0.05, 0) is 62.8 Å². The van der Waals surface area contributed by atoms with Crippen LogP contribution in [-0.4, -0.2) is 48.1 Å². The molecule has 3 N–H and O–H groups in total. The Morgan fingerprint density at radius 2 is 2.03 bits per heavy atom. The number of nitrogens with zero attached hydrogens (tertiary/aromatic N) is 3. The minimum atomic E-state index is 0.452. The summed E-state index contributed by atoms with van der Waals surface area (Å²) in [5, 5.41) is 8.38. The Morgan fingerprint density at radius 1 is 1.19 bits per heavy atom. The van der Waals surface area contributed by atoms with E-state index in [0.717, 1.165) is 63.6 Å². The predicted molar refractivity (Wildman–Crippen MR) is 130 cm³/mol. The number of hydrogen-bond acceptors (Lipinski definition) is 3. The van der Waals surface area contributed by atoms with Crippen LogP contribution in [0.4, 0.5) is 5.82 Å². The molecular weight excluding hydrogens is 384 g/mol. The number of aliphatic imine (C=N–C) groups is 1. The van der Waals surface area contributed by atoms with Gasteiger partial charge in [0.1, 0.15) is 5.82 Å². The number of hydrogen-bond donors (Lipinski definition) is 3. The zero-order valence-electron chi connectivity index (χ0n) is 18.7. The van der Waals surface area contributed by atoms with Gasteiger partial charge >= 0.3 is 0 Å². The number of para-hydroxylation sites is 1.